The van der Waals surface area contributed by atoms with Crippen LogP contribution in [-0.4, -0.2) is 29.1 Å². The van der Waals surface area contributed by atoms with Gasteiger partial charge in [0.05, 0.1) is 19.4 Å². The number of halogens is 1. The number of aliphatic imine (C=N–C) groups is 1. The van der Waals surface area contributed by atoms with E-state index in [0.717, 1.165) is 5.56 Å². The van der Waals surface area contributed by atoms with Crippen LogP contribution < -0.4 is 15.4 Å². The number of nitrogens with zero attached hydrogens (tertiary/aromatic N) is 2. The summed E-state index contributed by atoms with van der Waals surface area (Å²) in [6.07, 6.45) is 3.16. The summed E-state index contributed by atoms with van der Waals surface area (Å²) in [6, 6.07) is 12.8. The summed E-state index contributed by atoms with van der Waals surface area (Å²) in [5, 5.41) is 16.9. The Morgan fingerprint density at radius 3 is 2.73 bits per heavy atom. The van der Waals surface area contributed by atoms with Gasteiger partial charge in [-0.3, -0.25) is 0 Å². The summed E-state index contributed by atoms with van der Waals surface area (Å²) in [7, 11) is 0. The molecule has 0 aliphatic heterocycles. The largest absolute Gasteiger partial charge is 0.466 e. The van der Waals surface area contributed by atoms with Crippen molar-refractivity contribution in [1.82, 2.24) is 15.6 Å². The molecule has 1 unspecified atom stereocenters. The second-order valence-electron chi connectivity index (χ2n) is 6.86. The van der Waals surface area contributed by atoms with Crippen molar-refractivity contribution in [2.45, 2.75) is 26.0 Å². The predicted molar refractivity (Wildman–Crippen MR) is 112 cm³/mol. The smallest absolute Gasteiger partial charge is 0.219 e. The van der Waals surface area contributed by atoms with Gasteiger partial charge in [0, 0.05) is 18.8 Å². The highest BCUT2D eigenvalue weighted by Gasteiger charge is 2.26. The van der Waals surface area contributed by atoms with E-state index in [1.807, 2.05) is 13.0 Å². The van der Waals surface area contributed by atoms with Crippen LogP contribution in [0, 0.1) is 5.82 Å². The van der Waals surface area contributed by atoms with Gasteiger partial charge in [0.1, 0.15) is 22.9 Å². The average Bonchev–Trinajstić information content (AvgIpc) is 3.28. The van der Waals surface area contributed by atoms with Gasteiger partial charge in [-0.05, 0) is 61.9 Å². The fourth-order valence-corrected chi connectivity index (χ4v) is 2.67. The first-order chi connectivity index (χ1) is 14.5. The summed E-state index contributed by atoms with van der Waals surface area (Å²) in [6.45, 7) is 4.90. The van der Waals surface area contributed by atoms with Crippen molar-refractivity contribution in [2.75, 3.05) is 13.1 Å². The zero-order valence-corrected chi connectivity index (χ0v) is 16.9. The van der Waals surface area contributed by atoms with Crippen molar-refractivity contribution in [3.63, 3.8) is 0 Å². The van der Waals surface area contributed by atoms with Crippen LogP contribution in [0.1, 0.15) is 25.2 Å². The van der Waals surface area contributed by atoms with E-state index >= 15 is 0 Å². The number of hydrogen-bond acceptors (Lipinski definition) is 5. The molecular weight excluding hydrogens is 387 g/mol. The summed E-state index contributed by atoms with van der Waals surface area (Å²) in [4.78, 5) is 8.73. The molecule has 158 valence electrons. The predicted octanol–water partition coefficient (Wildman–Crippen LogP) is 3.57. The van der Waals surface area contributed by atoms with Crippen LogP contribution in [0.3, 0.4) is 0 Å². The molecule has 0 fully saturated rings. The van der Waals surface area contributed by atoms with Crippen LogP contribution in [-0.2, 0) is 12.1 Å². The van der Waals surface area contributed by atoms with Crippen molar-refractivity contribution < 1.29 is 18.7 Å². The number of ether oxygens (including phenoxy) is 1. The topological polar surface area (TPSA) is 91.9 Å². The highest BCUT2D eigenvalue weighted by Crippen LogP contribution is 2.21. The molecule has 1 aromatic carbocycles. The van der Waals surface area contributed by atoms with Crippen LogP contribution in [0.15, 0.2) is 70.4 Å². The monoisotopic (exact) mass is 412 g/mol. The number of benzene rings is 1. The quantitative estimate of drug-likeness (QED) is 0.387. The van der Waals surface area contributed by atoms with Gasteiger partial charge in [0.2, 0.25) is 5.88 Å². The molecule has 0 radical (unpaired) electrons. The molecule has 3 rings (SSSR count). The Kier molecular flexibility index (Phi) is 7.03. The molecule has 0 aliphatic rings. The maximum atomic E-state index is 13.0. The zero-order valence-electron chi connectivity index (χ0n) is 16.9. The number of nitrogens with one attached hydrogen (secondary N) is 2. The van der Waals surface area contributed by atoms with Gasteiger partial charge in [-0.25, -0.2) is 14.4 Å². The Hall–Kier alpha value is -3.39. The van der Waals surface area contributed by atoms with Crippen LogP contribution in [0.4, 0.5) is 4.39 Å². The number of hydrogen-bond donors (Lipinski definition) is 3. The average molecular weight is 412 g/mol. The normalized spacial score (nSPS) is 13.5. The Morgan fingerprint density at radius 2 is 2.03 bits per heavy atom. The maximum absolute atomic E-state index is 13.0. The SMILES string of the molecule is CCNC(=NCc1ccnc(Oc2ccc(F)cc2)c1)NCC(C)(O)c1ccco1. The van der Waals surface area contributed by atoms with Gasteiger partial charge < -0.3 is 24.9 Å². The first-order valence-corrected chi connectivity index (χ1v) is 9.63. The lowest BCUT2D eigenvalue weighted by atomic mass is 10.0. The van der Waals surface area contributed by atoms with Gasteiger partial charge in [0.15, 0.2) is 5.96 Å². The summed E-state index contributed by atoms with van der Waals surface area (Å²) < 4.78 is 24.0. The lowest BCUT2D eigenvalue weighted by Crippen LogP contribution is -2.44. The van der Waals surface area contributed by atoms with E-state index in [4.69, 9.17) is 9.15 Å². The van der Waals surface area contributed by atoms with Crippen LogP contribution in [0.2, 0.25) is 0 Å². The van der Waals surface area contributed by atoms with Crippen molar-refractivity contribution in [2.24, 2.45) is 4.99 Å². The lowest BCUT2D eigenvalue weighted by Gasteiger charge is -2.22. The van der Waals surface area contributed by atoms with Gasteiger partial charge in [-0.15, -0.1) is 0 Å². The first kappa shape index (κ1) is 21.3. The molecule has 7 nitrogen and oxygen atoms in total. The minimum atomic E-state index is -1.17. The molecule has 3 N–H and O–H groups in total. The number of guanidine groups is 1. The molecule has 30 heavy (non-hydrogen) atoms. The fraction of sp³-hybridized carbons (Fsp3) is 0.273. The third-order valence-corrected chi connectivity index (χ3v) is 4.25. The van der Waals surface area contributed by atoms with E-state index < -0.39 is 5.60 Å². The van der Waals surface area contributed by atoms with Gasteiger partial charge in [-0.1, -0.05) is 0 Å². The molecule has 0 bridgehead atoms. The lowest BCUT2D eigenvalue weighted by molar-refractivity contribution is 0.0386. The van der Waals surface area contributed by atoms with E-state index in [-0.39, 0.29) is 12.4 Å². The second-order valence-corrected chi connectivity index (χ2v) is 6.86. The number of aromatic nitrogens is 1. The molecular formula is C22H25FN4O3. The third kappa shape index (κ3) is 6.05. The molecule has 0 saturated carbocycles. The number of pyridine rings is 1. The van der Waals surface area contributed by atoms with Crippen LogP contribution in [0.5, 0.6) is 11.6 Å². The van der Waals surface area contributed by atoms with Gasteiger partial charge in [0.25, 0.3) is 0 Å². The summed E-state index contributed by atoms with van der Waals surface area (Å²) >= 11 is 0. The van der Waals surface area contributed by atoms with E-state index in [1.165, 1.54) is 18.4 Å². The molecule has 3 aromatic rings. The van der Waals surface area contributed by atoms with Crippen molar-refractivity contribution in [3.05, 3.63) is 78.1 Å². The second kappa shape index (κ2) is 9.89. The third-order valence-electron chi connectivity index (χ3n) is 4.25. The fourth-order valence-electron chi connectivity index (χ4n) is 2.67. The number of aliphatic hydroxyl groups is 1. The van der Waals surface area contributed by atoms with E-state index in [9.17, 15) is 9.50 Å². The van der Waals surface area contributed by atoms with Gasteiger partial charge in [-0.2, -0.15) is 0 Å². The minimum absolute atomic E-state index is 0.224. The van der Waals surface area contributed by atoms with E-state index in [2.05, 4.69) is 20.6 Å². The highest BCUT2D eigenvalue weighted by atomic mass is 19.1. The Morgan fingerprint density at radius 1 is 1.23 bits per heavy atom. The van der Waals surface area contributed by atoms with Gasteiger partial charge >= 0.3 is 0 Å². The number of furan rings is 1. The molecule has 8 heteroatoms. The minimum Gasteiger partial charge on any atom is -0.466 e. The highest BCUT2D eigenvalue weighted by molar-refractivity contribution is 5.79. The summed E-state index contributed by atoms with van der Waals surface area (Å²) in [5.74, 6) is 1.60. The van der Waals surface area contributed by atoms with Crippen molar-refractivity contribution in [1.29, 1.82) is 0 Å². The Balaban J connectivity index is 1.63. The zero-order chi connectivity index (χ0) is 21.4. The van der Waals surface area contributed by atoms with E-state index in [0.29, 0.717) is 36.4 Å². The Labute approximate surface area is 174 Å². The molecule has 0 amide bonds. The van der Waals surface area contributed by atoms with Crippen molar-refractivity contribution in [3.8, 4) is 11.6 Å². The maximum Gasteiger partial charge on any atom is 0.219 e. The molecule has 0 saturated heterocycles. The van der Waals surface area contributed by atoms with Crippen LogP contribution in [0.25, 0.3) is 0 Å². The summed E-state index contributed by atoms with van der Waals surface area (Å²) in [5.41, 5.74) is -0.288. The Bertz CT molecular complexity index is 957. The van der Waals surface area contributed by atoms with E-state index in [1.54, 1.807) is 43.5 Å². The standard InChI is InChI=1S/C22H25FN4O3/c1-3-24-21(27-15-22(2,28)19-5-4-12-29-19)26-14-16-10-11-25-20(13-16)30-18-8-6-17(23)7-9-18/h4-13,28H,3,14-15H2,1-2H3,(H2,24,26,27). The molecule has 2 heterocycles. The number of rotatable bonds is 8. The van der Waals surface area contributed by atoms with Crippen LogP contribution >= 0.6 is 0 Å². The first-order valence-electron chi connectivity index (χ1n) is 9.63. The molecule has 1 atom stereocenters. The molecule has 0 spiro atoms. The molecule has 2 aromatic heterocycles. The molecule has 0 aliphatic carbocycles. The van der Waals surface area contributed by atoms with Crippen molar-refractivity contribution >= 4 is 5.96 Å².